The Morgan fingerprint density at radius 2 is 2.18 bits per heavy atom. The van der Waals surface area contributed by atoms with Crippen LogP contribution in [-0.2, 0) is 11.3 Å². The van der Waals surface area contributed by atoms with Crippen LogP contribution in [-0.4, -0.2) is 24.8 Å². The Kier molecular flexibility index (Phi) is 4.15. The topological polar surface area (TPSA) is 47.3 Å². The molecule has 2 atom stereocenters. The maximum atomic E-state index is 5.95. The third kappa shape index (κ3) is 3.28. The number of nitrogens with two attached hydrogens (primary N) is 1. The minimum atomic E-state index is 0.0491. The first-order chi connectivity index (χ1) is 8.24. The summed E-state index contributed by atoms with van der Waals surface area (Å²) in [6.07, 6.45) is 2.30. The van der Waals surface area contributed by atoms with Gasteiger partial charge in [-0.25, -0.2) is 0 Å². The van der Waals surface area contributed by atoms with E-state index in [0.717, 1.165) is 26.0 Å². The molecule has 0 radical (unpaired) electrons. The molecule has 0 amide bonds. The van der Waals surface area contributed by atoms with Gasteiger partial charge in [0, 0.05) is 25.2 Å². The summed E-state index contributed by atoms with van der Waals surface area (Å²) in [5.41, 5.74) is 7.30. The van der Waals surface area contributed by atoms with Crippen molar-refractivity contribution in [1.29, 1.82) is 0 Å². The summed E-state index contributed by atoms with van der Waals surface area (Å²) in [7, 11) is 0. The van der Waals surface area contributed by atoms with Crippen molar-refractivity contribution < 1.29 is 4.74 Å². The van der Waals surface area contributed by atoms with E-state index in [4.69, 9.17) is 10.5 Å². The highest BCUT2D eigenvalue weighted by Gasteiger charge is 2.33. The number of rotatable bonds is 4. The van der Waals surface area contributed by atoms with Gasteiger partial charge in [0.2, 0.25) is 0 Å². The largest absolute Gasteiger partial charge is 0.378 e. The summed E-state index contributed by atoms with van der Waals surface area (Å²) in [4.78, 5) is 0. The van der Waals surface area contributed by atoms with Crippen LogP contribution in [0.2, 0.25) is 0 Å². The van der Waals surface area contributed by atoms with Gasteiger partial charge >= 0.3 is 0 Å². The highest BCUT2D eigenvalue weighted by atomic mass is 16.5. The summed E-state index contributed by atoms with van der Waals surface area (Å²) >= 11 is 0. The molecule has 1 heterocycles. The van der Waals surface area contributed by atoms with Crippen LogP contribution in [0, 0.1) is 0 Å². The zero-order valence-corrected chi connectivity index (χ0v) is 10.5. The fourth-order valence-electron chi connectivity index (χ4n) is 2.47. The van der Waals surface area contributed by atoms with Gasteiger partial charge in [-0.05, 0) is 25.3 Å². The molecule has 3 nitrogen and oxygen atoms in total. The number of ether oxygens (including phenoxy) is 1. The molecule has 17 heavy (non-hydrogen) atoms. The quantitative estimate of drug-likeness (QED) is 0.833. The molecular weight excluding hydrogens is 212 g/mol. The van der Waals surface area contributed by atoms with Crippen LogP contribution < -0.4 is 11.1 Å². The molecule has 1 aromatic carbocycles. The summed E-state index contributed by atoms with van der Waals surface area (Å²) in [6, 6.07) is 10.5. The van der Waals surface area contributed by atoms with Crippen LogP contribution in [0.5, 0.6) is 0 Å². The maximum Gasteiger partial charge on any atom is 0.0565 e. The second kappa shape index (κ2) is 5.63. The Bertz CT molecular complexity index is 341. The summed E-state index contributed by atoms with van der Waals surface area (Å²) in [5, 5.41) is 3.63. The predicted molar refractivity (Wildman–Crippen MR) is 69.7 cm³/mol. The van der Waals surface area contributed by atoms with Gasteiger partial charge < -0.3 is 15.8 Å². The van der Waals surface area contributed by atoms with Crippen molar-refractivity contribution in [2.24, 2.45) is 5.73 Å². The zero-order chi connectivity index (χ0) is 12.1. The molecule has 0 spiro atoms. The van der Waals surface area contributed by atoms with Crippen molar-refractivity contribution in [1.82, 2.24) is 5.32 Å². The number of benzene rings is 1. The van der Waals surface area contributed by atoms with E-state index < -0.39 is 0 Å². The number of hydrogen-bond acceptors (Lipinski definition) is 3. The van der Waals surface area contributed by atoms with E-state index in [-0.39, 0.29) is 5.54 Å². The van der Waals surface area contributed by atoms with E-state index in [2.05, 4.69) is 36.5 Å². The second-order valence-corrected chi connectivity index (χ2v) is 4.96. The molecule has 94 valence electrons. The highest BCUT2D eigenvalue weighted by Crippen LogP contribution is 2.24. The van der Waals surface area contributed by atoms with Crippen molar-refractivity contribution >= 4 is 0 Å². The van der Waals surface area contributed by atoms with Crippen molar-refractivity contribution in [2.75, 3.05) is 13.2 Å². The minimum absolute atomic E-state index is 0.0491. The second-order valence-electron chi connectivity index (χ2n) is 4.96. The Hall–Kier alpha value is -0.900. The molecule has 0 bridgehead atoms. The van der Waals surface area contributed by atoms with E-state index in [1.165, 1.54) is 5.56 Å². The third-order valence-corrected chi connectivity index (χ3v) is 3.56. The van der Waals surface area contributed by atoms with Gasteiger partial charge in [-0.15, -0.1) is 0 Å². The highest BCUT2D eigenvalue weighted by molar-refractivity contribution is 5.15. The van der Waals surface area contributed by atoms with E-state index in [1.807, 2.05) is 6.07 Å². The van der Waals surface area contributed by atoms with Gasteiger partial charge in [0.15, 0.2) is 0 Å². The van der Waals surface area contributed by atoms with Crippen molar-refractivity contribution in [3.8, 4) is 0 Å². The molecule has 1 fully saturated rings. The van der Waals surface area contributed by atoms with Gasteiger partial charge in [0.1, 0.15) is 0 Å². The summed E-state index contributed by atoms with van der Waals surface area (Å²) in [6.45, 7) is 4.48. The van der Waals surface area contributed by atoms with Gasteiger partial charge in [0.25, 0.3) is 0 Å². The van der Waals surface area contributed by atoms with E-state index in [1.54, 1.807) is 0 Å². The van der Waals surface area contributed by atoms with Crippen LogP contribution in [0.25, 0.3) is 0 Å². The first-order valence-electron chi connectivity index (χ1n) is 6.35. The zero-order valence-electron chi connectivity index (χ0n) is 10.5. The Balaban J connectivity index is 1.95. The van der Waals surface area contributed by atoms with Gasteiger partial charge in [0.05, 0.1) is 6.10 Å². The lowest BCUT2D eigenvalue weighted by Gasteiger charge is -2.40. The first kappa shape index (κ1) is 12.6. The van der Waals surface area contributed by atoms with E-state index >= 15 is 0 Å². The fraction of sp³-hybridized carbons (Fsp3) is 0.571. The van der Waals surface area contributed by atoms with Crippen molar-refractivity contribution in [3.63, 3.8) is 0 Å². The van der Waals surface area contributed by atoms with Gasteiger partial charge in [-0.1, -0.05) is 30.3 Å². The lowest BCUT2D eigenvalue weighted by atomic mass is 9.87. The first-order valence-corrected chi connectivity index (χ1v) is 6.35. The van der Waals surface area contributed by atoms with Crippen LogP contribution in [0.1, 0.15) is 25.3 Å². The van der Waals surface area contributed by atoms with Gasteiger partial charge in [-0.3, -0.25) is 0 Å². The number of hydrogen-bond donors (Lipinski definition) is 2. The van der Waals surface area contributed by atoms with Crippen LogP contribution in [0.4, 0.5) is 0 Å². The molecule has 0 aromatic heterocycles. The SMILES string of the molecule is CC1CC(CN)(NCc2ccccc2)CCO1. The molecule has 2 unspecified atom stereocenters. The van der Waals surface area contributed by atoms with E-state index in [0.29, 0.717) is 12.6 Å². The molecule has 1 aliphatic heterocycles. The summed E-state index contributed by atoms with van der Waals surface area (Å²) in [5.74, 6) is 0. The third-order valence-electron chi connectivity index (χ3n) is 3.56. The molecule has 1 saturated heterocycles. The normalized spacial score (nSPS) is 29.2. The monoisotopic (exact) mass is 234 g/mol. The van der Waals surface area contributed by atoms with Crippen molar-refractivity contribution in [3.05, 3.63) is 35.9 Å². The predicted octanol–water partition coefficient (Wildman–Crippen LogP) is 1.67. The van der Waals surface area contributed by atoms with Crippen LogP contribution in [0.15, 0.2) is 30.3 Å². The molecule has 1 aliphatic rings. The lowest BCUT2D eigenvalue weighted by molar-refractivity contribution is -0.0167. The summed E-state index contributed by atoms with van der Waals surface area (Å²) < 4.78 is 5.59. The molecule has 0 aliphatic carbocycles. The van der Waals surface area contributed by atoms with Gasteiger partial charge in [-0.2, -0.15) is 0 Å². The Morgan fingerprint density at radius 1 is 1.41 bits per heavy atom. The minimum Gasteiger partial charge on any atom is -0.378 e. The number of nitrogens with one attached hydrogen (secondary N) is 1. The molecule has 1 aromatic rings. The Morgan fingerprint density at radius 3 is 2.82 bits per heavy atom. The van der Waals surface area contributed by atoms with Crippen molar-refractivity contribution in [2.45, 2.75) is 38.0 Å². The molecule has 2 rings (SSSR count). The average Bonchev–Trinajstić information content (AvgIpc) is 2.38. The fourth-order valence-corrected chi connectivity index (χ4v) is 2.47. The lowest BCUT2D eigenvalue weighted by Crippen LogP contribution is -2.55. The maximum absolute atomic E-state index is 5.95. The molecular formula is C14H22N2O. The smallest absolute Gasteiger partial charge is 0.0565 e. The standard InChI is InChI=1S/C14H22N2O/c1-12-9-14(11-15,7-8-17-12)16-10-13-5-3-2-4-6-13/h2-6,12,16H,7-11,15H2,1H3. The molecule has 3 heteroatoms. The molecule has 0 saturated carbocycles. The van der Waals surface area contributed by atoms with E-state index in [9.17, 15) is 0 Å². The van der Waals surface area contributed by atoms with Crippen LogP contribution in [0.3, 0.4) is 0 Å². The Labute approximate surface area is 103 Å². The average molecular weight is 234 g/mol. The van der Waals surface area contributed by atoms with Crippen LogP contribution >= 0.6 is 0 Å². The molecule has 3 N–H and O–H groups in total.